The smallest absolute Gasteiger partial charge is 0.0962 e. The molecule has 1 aromatic heterocycles. The van der Waals surface area contributed by atoms with E-state index in [4.69, 9.17) is 5.73 Å². The topological polar surface area (TPSA) is 56.7 Å². The molecule has 0 saturated heterocycles. The third kappa shape index (κ3) is 3.02. The SMILES string of the molecule is C=CCCn1cc(CN)nn1.Cl. The Bertz CT molecular complexity index is 233. The number of hydrogen-bond acceptors (Lipinski definition) is 3. The summed E-state index contributed by atoms with van der Waals surface area (Å²) in [6, 6.07) is 0. The maximum absolute atomic E-state index is 5.36. The van der Waals surface area contributed by atoms with E-state index in [1.807, 2.05) is 12.3 Å². The van der Waals surface area contributed by atoms with Crippen LogP contribution < -0.4 is 5.73 Å². The first kappa shape index (κ1) is 11.1. The number of halogens is 1. The molecule has 0 radical (unpaired) electrons. The van der Waals surface area contributed by atoms with Gasteiger partial charge in [-0.3, -0.25) is 4.68 Å². The van der Waals surface area contributed by atoms with Crippen molar-refractivity contribution in [3.63, 3.8) is 0 Å². The molecule has 0 amide bonds. The fraction of sp³-hybridized carbons (Fsp3) is 0.429. The Morgan fingerprint density at radius 1 is 1.67 bits per heavy atom. The van der Waals surface area contributed by atoms with Gasteiger partial charge in [-0.05, 0) is 6.42 Å². The monoisotopic (exact) mass is 188 g/mol. The molecular weight excluding hydrogens is 176 g/mol. The van der Waals surface area contributed by atoms with Crippen molar-refractivity contribution in [1.29, 1.82) is 0 Å². The molecule has 0 bridgehead atoms. The first-order chi connectivity index (χ1) is 5.36. The summed E-state index contributed by atoms with van der Waals surface area (Å²) in [7, 11) is 0. The average Bonchev–Trinajstić information content (AvgIpc) is 2.48. The second-order valence-electron chi connectivity index (χ2n) is 2.25. The van der Waals surface area contributed by atoms with Crippen molar-refractivity contribution in [2.75, 3.05) is 0 Å². The molecule has 0 aliphatic heterocycles. The van der Waals surface area contributed by atoms with Crippen LogP contribution in [-0.2, 0) is 13.1 Å². The molecule has 4 nitrogen and oxygen atoms in total. The highest BCUT2D eigenvalue weighted by atomic mass is 35.5. The van der Waals surface area contributed by atoms with E-state index in [0.29, 0.717) is 6.54 Å². The zero-order chi connectivity index (χ0) is 8.10. The molecule has 0 unspecified atom stereocenters. The molecule has 0 fully saturated rings. The van der Waals surface area contributed by atoms with Gasteiger partial charge in [-0.25, -0.2) is 0 Å². The van der Waals surface area contributed by atoms with E-state index in [9.17, 15) is 0 Å². The number of allylic oxidation sites excluding steroid dienone is 1. The van der Waals surface area contributed by atoms with E-state index >= 15 is 0 Å². The molecule has 1 rings (SSSR count). The summed E-state index contributed by atoms with van der Waals surface area (Å²) >= 11 is 0. The molecule has 12 heavy (non-hydrogen) atoms. The number of nitrogens with zero attached hydrogens (tertiary/aromatic N) is 3. The average molecular weight is 189 g/mol. The first-order valence-electron chi connectivity index (χ1n) is 3.57. The molecule has 0 spiro atoms. The van der Waals surface area contributed by atoms with E-state index in [2.05, 4.69) is 16.9 Å². The molecule has 1 aromatic rings. The van der Waals surface area contributed by atoms with Crippen LogP contribution in [0.15, 0.2) is 18.9 Å². The standard InChI is InChI=1S/C7H12N4.ClH/c1-2-3-4-11-6-7(5-8)9-10-11;/h2,6H,1,3-5,8H2;1H. The zero-order valence-corrected chi connectivity index (χ0v) is 7.63. The lowest BCUT2D eigenvalue weighted by Crippen LogP contribution is -1.97. The Morgan fingerprint density at radius 2 is 2.42 bits per heavy atom. The van der Waals surface area contributed by atoms with Crippen LogP contribution in [0.4, 0.5) is 0 Å². The number of aromatic nitrogens is 3. The number of hydrogen-bond donors (Lipinski definition) is 1. The molecular formula is C7H13ClN4. The Kier molecular flexibility index (Phi) is 5.32. The van der Waals surface area contributed by atoms with Gasteiger partial charge < -0.3 is 5.73 Å². The molecule has 0 atom stereocenters. The van der Waals surface area contributed by atoms with Crippen LogP contribution in [0.2, 0.25) is 0 Å². The van der Waals surface area contributed by atoms with Crippen LogP contribution in [0, 0.1) is 0 Å². The van der Waals surface area contributed by atoms with Crippen molar-refractivity contribution in [2.24, 2.45) is 5.73 Å². The summed E-state index contributed by atoms with van der Waals surface area (Å²) in [5.74, 6) is 0. The normalized spacial score (nSPS) is 9.08. The van der Waals surface area contributed by atoms with Gasteiger partial charge in [0.05, 0.1) is 5.69 Å². The molecule has 0 aliphatic carbocycles. The van der Waals surface area contributed by atoms with Gasteiger partial charge in [-0.1, -0.05) is 11.3 Å². The molecule has 0 aliphatic rings. The van der Waals surface area contributed by atoms with E-state index < -0.39 is 0 Å². The van der Waals surface area contributed by atoms with Crippen LogP contribution in [0.5, 0.6) is 0 Å². The fourth-order valence-corrected chi connectivity index (χ4v) is 0.765. The van der Waals surface area contributed by atoms with Gasteiger partial charge in [0, 0.05) is 19.3 Å². The Balaban J connectivity index is 0.00000121. The fourth-order valence-electron chi connectivity index (χ4n) is 0.765. The Hall–Kier alpha value is -0.870. The van der Waals surface area contributed by atoms with Gasteiger partial charge in [0.25, 0.3) is 0 Å². The van der Waals surface area contributed by atoms with Crippen molar-refractivity contribution >= 4 is 12.4 Å². The minimum absolute atomic E-state index is 0. The number of aryl methyl sites for hydroxylation is 1. The molecule has 1 heterocycles. The Morgan fingerprint density at radius 3 is 2.92 bits per heavy atom. The van der Waals surface area contributed by atoms with Crippen molar-refractivity contribution < 1.29 is 0 Å². The third-order valence-corrected chi connectivity index (χ3v) is 1.36. The predicted molar refractivity (Wildman–Crippen MR) is 50.0 cm³/mol. The molecule has 5 heteroatoms. The van der Waals surface area contributed by atoms with Crippen LogP contribution in [0.1, 0.15) is 12.1 Å². The molecule has 0 aromatic carbocycles. The summed E-state index contributed by atoms with van der Waals surface area (Å²) in [4.78, 5) is 0. The number of rotatable bonds is 4. The summed E-state index contributed by atoms with van der Waals surface area (Å²) in [6.45, 7) is 4.90. The van der Waals surface area contributed by atoms with Gasteiger partial charge in [0.1, 0.15) is 0 Å². The second kappa shape index (κ2) is 5.74. The van der Waals surface area contributed by atoms with E-state index in [0.717, 1.165) is 18.7 Å². The highest BCUT2D eigenvalue weighted by Gasteiger charge is 1.95. The minimum Gasteiger partial charge on any atom is -0.325 e. The van der Waals surface area contributed by atoms with E-state index in [1.165, 1.54) is 0 Å². The minimum atomic E-state index is 0. The summed E-state index contributed by atoms with van der Waals surface area (Å²) in [6.07, 6.45) is 4.61. The largest absolute Gasteiger partial charge is 0.325 e. The van der Waals surface area contributed by atoms with Gasteiger partial charge in [-0.2, -0.15) is 0 Å². The quantitative estimate of drug-likeness (QED) is 0.709. The van der Waals surface area contributed by atoms with Crippen molar-refractivity contribution in [3.05, 3.63) is 24.5 Å². The van der Waals surface area contributed by atoms with Crippen LogP contribution in [0.25, 0.3) is 0 Å². The maximum atomic E-state index is 5.36. The van der Waals surface area contributed by atoms with E-state index in [1.54, 1.807) is 4.68 Å². The highest BCUT2D eigenvalue weighted by molar-refractivity contribution is 5.85. The zero-order valence-electron chi connectivity index (χ0n) is 6.81. The van der Waals surface area contributed by atoms with E-state index in [-0.39, 0.29) is 12.4 Å². The highest BCUT2D eigenvalue weighted by Crippen LogP contribution is 1.92. The van der Waals surface area contributed by atoms with Gasteiger partial charge in [-0.15, -0.1) is 24.1 Å². The second-order valence-corrected chi connectivity index (χ2v) is 2.25. The summed E-state index contributed by atoms with van der Waals surface area (Å²) in [5, 5.41) is 7.70. The Labute approximate surface area is 77.9 Å². The lowest BCUT2D eigenvalue weighted by molar-refractivity contribution is 0.596. The van der Waals surface area contributed by atoms with Gasteiger partial charge >= 0.3 is 0 Å². The number of nitrogens with two attached hydrogens (primary N) is 1. The maximum Gasteiger partial charge on any atom is 0.0962 e. The molecule has 2 N–H and O–H groups in total. The summed E-state index contributed by atoms with van der Waals surface area (Å²) in [5.41, 5.74) is 6.18. The molecule has 68 valence electrons. The first-order valence-corrected chi connectivity index (χ1v) is 3.57. The van der Waals surface area contributed by atoms with Crippen LogP contribution in [0.3, 0.4) is 0 Å². The lowest BCUT2D eigenvalue weighted by Gasteiger charge is -1.92. The van der Waals surface area contributed by atoms with Crippen LogP contribution in [-0.4, -0.2) is 15.0 Å². The van der Waals surface area contributed by atoms with Gasteiger partial charge in [0.15, 0.2) is 0 Å². The molecule has 0 saturated carbocycles. The van der Waals surface area contributed by atoms with Gasteiger partial charge in [0.2, 0.25) is 0 Å². The van der Waals surface area contributed by atoms with Crippen molar-refractivity contribution in [3.8, 4) is 0 Å². The van der Waals surface area contributed by atoms with Crippen molar-refractivity contribution in [2.45, 2.75) is 19.5 Å². The van der Waals surface area contributed by atoms with Crippen molar-refractivity contribution in [1.82, 2.24) is 15.0 Å². The predicted octanol–water partition coefficient (Wildman–Crippen LogP) is 0.735. The lowest BCUT2D eigenvalue weighted by atomic mass is 10.4. The van der Waals surface area contributed by atoms with Crippen LogP contribution >= 0.6 is 12.4 Å². The summed E-state index contributed by atoms with van der Waals surface area (Å²) < 4.78 is 1.77. The third-order valence-electron chi connectivity index (χ3n) is 1.36.